The van der Waals surface area contributed by atoms with Crippen LogP contribution in [0.4, 0.5) is 10.1 Å². The van der Waals surface area contributed by atoms with Crippen LogP contribution in [0.25, 0.3) is 21.9 Å². The van der Waals surface area contributed by atoms with Crippen LogP contribution in [-0.4, -0.2) is 27.3 Å². The van der Waals surface area contributed by atoms with E-state index >= 15 is 0 Å². The summed E-state index contributed by atoms with van der Waals surface area (Å²) in [6, 6.07) is 12.1. The monoisotopic (exact) mass is 421 g/mol. The molecule has 0 radical (unpaired) electrons. The number of H-pyrrole nitrogens is 1. The van der Waals surface area contributed by atoms with Gasteiger partial charge in [0.25, 0.3) is 0 Å². The number of primary amides is 1. The summed E-state index contributed by atoms with van der Waals surface area (Å²) in [5, 5.41) is 3.70. The number of nitrogens with one attached hydrogen (secondary N) is 2. The van der Waals surface area contributed by atoms with Gasteiger partial charge in [-0.15, -0.1) is 0 Å². The molecular weight excluding hydrogens is 401 g/mol. The molecule has 1 aliphatic carbocycles. The third-order valence-corrected chi connectivity index (χ3v) is 5.20. The fraction of sp³-hybridized carbons (Fsp3) is 0.182. The average molecular weight is 421 g/mol. The molecule has 158 valence electrons. The summed E-state index contributed by atoms with van der Waals surface area (Å²) in [5.41, 5.74) is 6.45. The Morgan fingerprint density at radius 2 is 2.00 bits per heavy atom. The molecule has 0 bridgehead atoms. The van der Waals surface area contributed by atoms with Gasteiger partial charge in [-0.2, -0.15) is 4.98 Å². The van der Waals surface area contributed by atoms with E-state index in [0.717, 1.165) is 23.7 Å². The second kappa shape index (κ2) is 8.02. The van der Waals surface area contributed by atoms with Gasteiger partial charge >= 0.3 is 0 Å². The summed E-state index contributed by atoms with van der Waals surface area (Å²) in [6.07, 6.45) is 3.36. The van der Waals surface area contributed by atoms with Crippen molar-refractivity contribution in [2.45, 2.75) is 19.8 Å². The zero-order valence-corrected chi connectivity index (χ0v) is 16.7. The van der Waals surface area contributed by atoms with E-state index in [2.05, 4.69) is 26.0 Å². The number of halogens is 1. The molecule has 4 N–H and O–H groups in total. The molecule has 0 aliphatic heterocycles. The molecule has 0 atom stereocenters. The molecule has 5 rings (SSSR count). The number of para-hydroxylation sites is 1. The Labute approximate surface area is 176 Å². The van der Waals surface area contributed by atoms with Gasteiger partial charge < -0.3 is 20.8 Å². The zero-order chi connectivity index (χ0) is 22.0. The van der Waals surface area contributed by atoms with Crippen LogP contribution in [0.2, 0.25) is 0 Å². The van der Waals surface area contributed by atoms with E-state index in [1.807, 2.05) is 31.2 Å². The van der Waals surface area contributed by atoms with Crippen molar-refractivity contribution in [2.24, 2.45) is 11.1 Å². The molecule has 1 fully saturated rings. The smallest absolute Gasteiger partial charge is 0.247 e. The highest BCUT2D eigenvalue weighted by atomic mass is 19.1. The summed E-state index contributed by atoms with van der Waals surface area (Å²) in [4.78, 5) is 32.4. The molecule has 0 saturated heterocycles. The number of nitrogens with zero attached hydrogens (tertiary/aromatic N) is 2. The van der Waals surface area contributed by atoms with Crippen LogP contribution in [0.15, 0.2) is 48.8 Å². The van der Waals surface area contributed by atoms with E-state index in [1.54, 1.807) is 6.07 Å². The van der Waals surface area contributed by atoms with Gasteiger partial charge in [-0.25, -0.2) is 9.37 Å². The number of amides is 2. The molecule has 1 saturated carbocycles. The lowest BCUT2D eigenvalue weighted by Crippen LogP contribution is -2.21. The highest BCUT2D eigenvalue weighted by Gasteiger charge is 2.44. The maximum absolute atomic E-state index is 14.6. The van der Waals surface area contributed by atoms with E-state index in [-0.39, 0.29) is 29.4 Å². The van der Waals surface area contributed by atoms with Crippen LogP contribution in [0.5, 0.6) is 11.6 Å². The molecule has 4 aromatic rings. The molecule has 31 heavy (non-hydrogen) atoms. The maximum Gasteiger partial charge on any atom is 0.247 e. The van der Waals surface area contributed by atoms with Crippen LogP contribution in [0.3, 0.4) is 0 Å². The fourth-order valence-electron chi connectivity index (χ4n) is 3.16. The number of hydrogen-bond donors (Lipinski definition) is 3. The van der Waals surface area contributed by atoms with Crippen LogP contribution in [-0.2, 0) is 9.59 Å². The number of fused-ring (bicyclic) bond motifs is 3. The quantitative estimate of drug-likeness (QED) is 0.432. The molecule has 1 aliphatic rings. The normalized spacial score (nSPS) is 13.9. The molecule has 2 aromatic carbocycles. The Balaban J connectivity index is 0.000000730. The first-order chi connectivity index (χ1) is 14.9. The number of anilines is 1. The SMILES string of the molecule is CC1(C(=O)Nc2ccc(Oc3ncnc4c3[nH]c3ccccc34)c(F)c2)CC1.NC=O. The number of ether oxygens (including phenoxy) is 1. The van der Waals surface area contributed by atoms with Gasteiger partial charge in [0.15, 0.2) is 11.6 Å². The van der Waals surface area contributed by atoms with Crippen molar-refractivity contribution >= 4 is 39.9 Å². The predicted molar refractivity (Wildman–Crippen MR) is 114 cm³/mol. The van der Waals surface area contributed by atoms with Crippen LogP contribution in [0, 0.1) is 11.2 Å². The van der Waals surface area contributed by atoms with E-state index in [1.165, 1.54) is 18.5 Å². The van der Waals surface area contributed by atoms with Crippen molar-refractivity contribution in [1.29, 1.82) is 0 Å². The van der Waals surface area contributed by atoms with Crippen molar-refractivity contribution in [3.8, 4) is 11.6 Å². The first-order valence-electron chi connectivity index (χ1n) is 9.61. The Morgan fingerprint density at radius 1 is 1.26 bits per heavy atom. The van der Waals surface area contributed by atoms with Gasteiger partial charge in [0.2, 0.25) is 18.2 Å². The minimum atomic E-state index is -0.582. The summed E-state index contributed by atoms with van der Waals surface area (Å²) in [7, 11) is 0. The Bertz CT molecular complexity index is 1280. The summed E-state index contributed by atoms with van der Waals surface area (Å²) in [5.74, 6) is -0.408. The molecule has 2 heterocycles. The van der Waals surface area contributed by atoms with Gasteiger partial charge in [-0.05, 0) is 31.0 Å². The highest BCUT2D eigenvalue weighted by molar-refractivity contribution is 6.06. The van der Waals surface area contributed by atoms with E-state index in [4.69, 9.17) is 9.53 Å². The number of benzene rings is 2. The highest BCUT2D eigenvalue weighted by Crippen LogP contribution is 2.45. The fourth-order valence-corrected chi connectivity index (χ4v) is 3.16. The number of rotatable bonds is 4. The Kier molecular flexibility index (Phi) is 5.24. The van der Waals surface area contributed by atoms with Crippen molar-refractivity contribution in [1.82, 2.24) is 15.0 Å². The number of carbonyl (C=O) groups excluding carboxylic acids is 2. The number of hydrogen-bond acceptors (Lipinski definition) is 5. The van der Waals surface area contributed by atoms with E-state index in [0.29, 0.717) is 16.7 Å². The second-order valence-corrected chi connectivity index (χ2v) is 7.47. The van der Waals surface area contributed by atoms with Crippen LogP contribution < -0.4 is 15.8 Å². The number of nitrogens with two attached hydrogens (primary N) is 1. The van der Waals surface area contributed by atoms with Crippen molar-refractivity contribution in [2.75, 3.05) is 5.32 Å². The van der Waals surface area contributed by atoms with Gasteiger partial charge in [-0.3, -0.25) is 9.59 Å². The first-order valence-corrected chi connectivity index (χ1v) is 9.61. The second-order valence-electron chi connectivity index (χ2n) is 7.47. The predicted octanol–water partition coefficient (Wildman–Crippen LogP) is 3.88. The first kappa shape index (κ1) is 20.3. The average Bonchev–Trinajstić information content (AvgIpc) is 3.39. The summed E-state index contributed by atoms with van der Waals surface area (Å²) >= 11 is 0. The molecule has 9 heteroatoms. The van der Waals surface area contributed by atoms with Gasteiger partial charge in [0.05, 0.1) is 0 Å². The Hall–Kier alpha value is -4.01. The minimum Gasteiger partial charge on any atom is -0.434 e. The van der Waals surface area contributed by atoms with Crippen molar-refractivity contribution in [3.63, 3.8) is 0 Å². The van der Waals surface area contributed by atoms with Crippen molar-refractivity contribution in [3.05, 3.63) is 54.6 Å². The number of carbonyl (C=O) groups is 2. The van der Waals surface area contributed by atoms with Crippen LogP contribution in [0.1, 0.15) is 19.8 Å². The molecular formula is C22H20FN5O3. The van der Waals surface area contributed by atoms with Gasteiger partial charge in [0.1, 0.15) is 17.4 Å². The third-order valence-electron chi connectivity index (χ3n) is 5.20. The van der Waals surface area contributed by atoms with Crippen LogP contribution >= 0.6 is 0 Å². The molecule has 0 unspecified atom stereocenters. The summed E-state index contributed by atoms with van der Waals surface area (Å²) < 4.78 is 20.3. The number of aromatic nitrogens is 3. The molecule has 2 aromatic heterocycles. The summed E-state index contributed by atoms with van der Waals surface area (Å²) in [6.45, 7) is 1.90. The topological polar surface area (TPSA) is 123 Å². The maximum atomic E-state index is 14.6. The lowest BCUT2D eigenvalue weighted by molar-refractivity contribution is -0.120. The molecule has 2 amide bonds. The van der Waals surface area contributed by atoms with Gasteiger partial charge in [-0.1, -0.05) is 25.1 Å². The zero-order valence-electron chi connectivity index (χ0n) is 16.7. The molecule has 8 nitrogen and oxygen atoms in total. The Morgan fingerprint density at radius 3 is 2.71 bits per heavy atom. The molecule has 0 spiro atoms. The largest absolute Gasteiger partial charge is 0.434 e. The third kappa shape index (κ3) is 4.02. The van der Waals surface area contributed by atoms with E-state index in [9.17, 15) is 9.18 Å². The van der Waals surface area contributed by atoms with E-state index < -0.39 is 5.82 Å². The minimum absolute atomic E-state index is 0.0225. The number of aromatic amines is 1. The lowest BCUT2D eigenvalue weighted by Gasteiger charge is -2.11. The lowest BCUT2D eigenvalue weighted by atomic mass is 10.1. The van der Waals surface area contributed by atoms with Gasteiger partial charge in [0, 0.05) is 28.1 Å². The van der Waals surface area contributed by atoms with Crippen molar-refractivity contribution < 1.29 is 18.7 Å². The standard InChI is InChI=1S/C21H17FN4O2.CH3NO/c1-21(8-9-21)20(27)25-12-6-7-16(14(22)10-12)28-19-18-17(23-11-24-19)13-4-2-3-5-15(13)26-18;2-1-3/h2-7,10-11,26H,8-9H2,1H3,(H,25,27);1H,(H2,2,3).